The highest BCUT2D eigenvalue weighted by Crippen LogP contribution is 2.43. The van der Waals surface area contributed by atoms with Gasteiger partial charge in [0.15, 0.2) is 9.34 Å². The second-order valence-corrected chi connectivity index (χ2v) is 19.2. The molecule has 0 aliphatic carbocycles. The summed E-state index contributed by atoms with van der Waals surface area (Å²) in [7, 11) is -2.83. The van der Waals surface area contributed by atoms with E-state index in [-0.39, 0.29) is 46.9 Å². The first-order valence-corrected chi connectivity index (χ1v) is 22.7. The molecule has 1 aromatic heterocycles. The van der Waals surface area contributed by atoms with Crippen molar-refractivity contribution >= 4 is 73.2 Å². The summed E-state index contributed by atoms with van der Waals surface area (Å²) in [5, 5.41) is 22.9. The number of carboxylic acid groups (broad SMARTS) is 1. The van der Waals surface area contributed by atoms with Gasteiger partial charge in [-0.2, -0.15) is 9.57 Å². The zero-order valence-corrected chi connectivity index (χ0v) is 37.3. The van der Waals surface area contributed by atoms with Crippen molar-refractivity contribution in [2.24, 2.45) is 0 Å². The van der Waals surface area contributed by atoms with Crippen LogP contribution in [0.4, 0.5) is 10.8 Å². The molecule has 0 bridgehead atoms. The predicted octanol–water partition coefficient (Wildman–Crippen LogP) is 7.48. The Morgan fingerprint density at radius 1 is 0.984 bits per heavy atom. The highest BCUT2D eigenvalue weighted by atomic mass is 35.5. The van der Waals surface area contributed by atoms with Gasteiger partial charge in [-0.25, -0.2) is 18.2 Å². The van der Waals surface area contributed by atoms with Gasteiger partial charge in [-0.3, -0.25) is 9.59 Å². The Bertz CT molecular complexity index is 2960. The predicted molar refractivity (Wildman–Crippen MR) is 242 cm³/mol. The van der Waals surface area contributed by atoms with E-state index in [0.29, 0.717) is 55.0 Å². The van der Waals surface area contributed by atoms with Gasteiger partial charge in [-0.1, -0.05) is 89.1 Å². The maximum absolute atomic E-state index is 14.5. The fraction of sp³-hybridized carbons (Fsp3) is 0.196. The fourth-order valence-corrected chi connectivity index (χ4v) is 10.9. The summed E-state index contributed by atoms with van der Waals surface area (Å²) >= 11 is 12.9. The average molecular weight is 938 g/mol. The molecule has 6 aromatic rings. The highest BCUT2D eigenvalue weighted by Gasteiger charge is 2.44. The molecule has 326 valence electrons. The SMILES string of the molecule is Cc1nc(N)sc1S(=O)(=O)N1Cc2cc3c(cc2CC1C(=O)NC(Cc1ccc(-c2ccc(C#N)cc2)cc1)C(=O)O)N(C)C(=O)C(c1ccc(OCc2ccc(Cl)c(Cl)c2)cc1)O3. The minimum atomic E-state index is -4.43. The van der Waals surface area contributed by atoms with Gasteiger partial charge < -0.3 is 30.5 Å². The molecule has 5 aromatic carbocycles. The molecule has 18 heteroatoms. The number of aryl methyl sites for hydroxylation is 1. The van der Waals surface area contributed by atoms with Crippen LogP contribution in [0.25, 0.3) is 11.1 Å². The van der Waals surface area contributed by atoms with Crippen molar-refractivity contribution in [3.05, 3.63) is 152 Å². The number of nitriles is 1. The molecular formula is C46H38Cl2N6O8S2. The van der Waals surface area contributed by atoms with E-state index < -0.39 is 40.1 Å². The second-order valence-electron chi connectivity index (χ2n) is 15.3. The van der Waals surface area contributed by atoms with Crippen molar-refractivity contribution < 1.29 is 37.4 Å². The minimum absolute atomic E-state index is 0.0258. The molecule has 8 rings (SSSR count). The number of nitrogens with two attached hydrogens (primary N) is 1. The number of fused-ring (bicyclic) bond motifs is 2. The Labute approximate surface area is 382 Å². The van der Waals surface area contributed by atoms with Crippen molar-refractivity contribution in [1.29, 1.82) is 5.26 Å². The van der Waals surface area contributed by atoms with Crippen LogP contribution in [-0.2, 0) is 50.4 Å². The molecule has 4 N–H and O–H groups in total. The molecule has 3 atom stereocenters. The quantitative estimate of drug-likeness (QED) is 0.110. The number of carbonyl (C=O) groups is 3. The van der Waals surface area contributed by atoms with Gasteiger partial charge in [0, 0.05) is 25.6 Å². The molecule has 3 heterocycles. The zero-order valence-electron chi connectivity index (χ0n) is 34.1. The van der Waals surface area contributed by atoms with Crippen molar-refractivity contribution in [3.63, 3.8) is 0 Å². The van der Waals surface area contributed by atoms with Gasteiger partial charge in [0.25, 0.3) is 15.9 Å². The normalized spacial score (nSPS) is 16.5. The summed E-state index contributed by atoms with van der Waals surface area (Å²) < 4.78 is 42.1. The number of ether oxygens (including phenoxy) is 2. The van der Waals surface area contributed by atoms with Crippen molar-refractivity contribution in [1.82, 2.24) is 14.6 Å². The van der Waals surface area contributed by atoms with Gasteiger partial charge in [0.05, 0.1) is 33.1 Å². The summed E-state index contributed by atoms with van der Waals surface area (Å²) in [5.41, 5.74) is 11.8. The maximum atomic E-state index is 14.5. The summed E-state index contributed by atoms with van der Waals surface area (Å²) in [6.45, 7) is 1.45. The Kier molecular flexibility index (Phi) is 12.4. The van der Waals surface area contributed by atoms with Crippen LogP contribution in [0.2, 0.25) is 10.0 Å². The number of carbonyl (C=O) groups excluding carboxylic acids is 2. The van der Waals surface area contributed by atoms with E-state index in [9.17, 15) is 27.9 Å². The first kappa shape index (κ1) is 44.1. The number of anilines is 2. The molecule has 3 unspecified atom stereocenters. The lowest BCUT2D eigenvalue weighted by Crippen LogP contribution is -2.55. The van der Waals surface area contributed by atoms with Crippen LogP contribution < -0.4 is 25.4 Å². The number of amides is 2. The van der Waals surface area contributed by atoms with Crippen LogP contribution in [0.5, 0.6) is 11.5 Å². The molecule has 0 fully saturated rings. The van der Waals surface area contributed by atoms with E-state index in [4.69, 9.17) is 43.7 Å². The maximum Gasteiger partial charge on any atom is 0.326 e. The summed E-state index contributed by atoms with van der Waals surface area (Å²) in [4.78, 5) is 46.3. The number of benzene rings is 5. The second kappa shape index (κ2) is 17.9. The summed E-state index contributed by atoms with van der Waals surface area (Å²) in [6, 6.07) is 28.9. The van der Waals surface area contributed by atoms with Gasteiger partial charge in [0.1, 0.15) is 30.2 Å². The van der Waals surface area contributed by atoms with E-state index in [2.05, 4.69) is 16.4 Å². The summed E-state index contributed by atoms with van der Waals surface area (Å²) in [5.74, 6) is -1.64. The lowest BCUT2D eigenvalue weighted by atomic mass is 9.93. The van der Waals surface area contributed by atoms with E-state index in [1.165, 1.54) is 11.8 Å². The molecule has 0 saturated carbocycles. The molecule has 0 saturated heterocycles. The standard InChI is InChI=1S/C46H38Cl2N6O8S2/c1-25-45(63-46(50)51-25)64(59,60)54-23-33-21-40-38(53(2)43(56)41(62-40)31-12-14-34(15-13-31)61-24-28-7-16-35(47)36(48)17-28)19-32(33)20-39(54)42(55)52-37(44(57)58)18-26-3-8-29(9-4-26)30-10-5-27(22-49)6-11-30/h3-17,19,21,37,39,41H,18,20,23-24H2,1-2H3,(H2,50,51)(H,52,55)(H,57,58). The van der Waals surface area contributed by atoms with E-state index in [1.807, 2.05) is 24.3 Å². The van der Waals surface area contributed by atoms with E-state index >= 15 is 0 Å². The molecule has 2 amide bonds. The van der Waals surface area contributed by atoms with Crippen LogP contribution in [0, 0.1) is 18.3 Å². The number of thiazole rings is 1. The van der Waals surface area contributed by atoms with Crippen LogP contribution >= 0.6 is 34.5 Å². The number of nitrogens with zero attached hydrogens (tertiary/aromatic N) is 4. The molecule has 14 nitrogen and oxygen atoms in total. The van der Waals surface area contributed by atoms with Gasteiger partial charge in [0.2, 0.25) is 12.0 Å². The topological polar surface area (TPSA) is 205 Å². The largest absolute Gasteiger partial charge is 0.489 e. The average Bonchev–Trinajstić information content (AvgIpc) is 3.65. The van der Waals surface area contributed by atoms with Crippen LogP contribution in [0.1, 0.15) is 45.2 Å². The third-order valence-corrected chi connectivity index (χ3v) is 15.2. The number of likely N-dealkylation sites (N-methyl/N-ethyl adjacent to an activating group) is 1. The van der Waals surface area contributed by atoms with Gasteiger partial charge in [-0.05, 0) is 95.3 Å². The Hall–Kier alpha value is -6.48. The first-order valence-electron chi connectivity index (χ1n) is 19.7. The van der Waals surface area contributed by atoms with Crippen molar-refractivity contribution in [2.45, 2.75) is 55.3 Å². The molecule has 64 heavy (non-hydrogen) atoms. The first-order chi connectivity index (χ1) is 30.6. The molecule has 2 aliphatic heterocycles. The monoisotopic (exact) mass is 936 g/mol. The van der Waals surface area contributed by atoms with E-state index in [1.54, 1.807) is 85.9 Å². The zero-order chi connectivity index (χ0) is 45.4. The highest BCUT2D eigenvalue weighted by molar-refractivity contribution is 7.91. The molecular weight excluding hydrogens is 900 g/mol. The molecule has 0 radical (unpaired) electrons. The lowest BCUT2D eigenvalue weighted by Gasteiger charge is -2.38. The Balaban J connectivity index is 1.04. The number of hydrogen-bond acceptors (Lipinski definition) is 11. The number of halogens is 2. The van der Waals surface area contributed by atoms with Gasteiger partial charge >= 0.3 is 5.97 Å². The Morgan fingerprint density at radius 3 is 2.28 bits per heavy atom. The summed E-state index contributed by atoms with van der Waals surface area (Å²) in [6.07, 6.45) is -1.28. The van der Waals surface area contributed by atoms with E-state index in [0.717, 1.165) is 32.3 Å². The molecule has 2 aliphatic rings. The minimum Gasteiger partial charge on any atom is -0.489 e. The number of aliphatic carboxylic acids is 1. The lowest BCUT2D eigenvalue weighted by molar-refractivity contribution is -0.142. The fourth-order valence-electron chi connectivity index (χ4n) is 7.65. The number of aromatic nitrogens is 1. The third kappa shape index (κ3) is 8.99. The smallest absolute Gasteiger partial charge is 0.326 e. The van der Waals surface area contributed by atoms with Crippen LogP contribution in [-0.4, -0.2) is 59.7 Å². The number of nitrogen functional groups attached to an aromatic ring is 1. The number of hydrogen-bond donors (Lipinski definition) is 3. The number of sulfonamides is 1. The number of carboxylic acids is 1. The number of rotatable bonds is 12. The van der Waals surface area contributed by atoms with Crippen LogP contribution in [0.3, 0.4) is 0 Å². The Morgan fingerprint density at radius 2 is 1.66 bits per heavy atom. The van der Waals surface area contributed by atoms with Gasteiger partial charge in [-0.15, -0.1) is 0 Å². The van der Waals surface area contributed by atoms with Crippen molar-refractivity contribution in [3.8, 4) is 28.7 Å². The van der Waals surface area contributed by atoms with Crippen LogP contribution in [0.15, 0.2) is 107 Å². The third-order valence-electron chi connectivity index (χ3n) is 11.1. The molecule has 0 spiro atoms. The van der Waals surface area contributed by atoms with Crippen molar-refractivity contribution in [2.75, 3.05) is 17.7 Å². The number of nitrogens with one attached hydrogen (secondary N) is 1.